The fourth-order valence-corrected chi connectivity index (χ4v) is 2.64. The maximum atomic E-state index is 12.1. The zero-order chi connectivity index (χ0) is 15.4. The molecule has 1 amide bonds. The number of benzene rings is 1. The molecule has 2 rings (SSSR count). The summed E-state index contributed by atoms with van der Waals surface area (Å²) in [5.41, 5.74) is 1.57. The molecule has 0 unspecified atom stereocenters. The van der Waals surface area contributed by atoms with Crippen LogP contribution in [-0.2, 0) is 14.3 Å². The van der Waals surface area contributed by atoms with Crippen LogP contribution in [0.4, 0.5) is 5.69 Å². The predicted octanol–water partition coefficient (Wildman–Crippen LogP) is 2.22. The topological polar surface area (TPSA) is 58.6 Å². The summed E-state index contributed by atoms with van der Waals surface area (Å²) in [5.74, 6) is -0.587. The molecule has 0 bridgehead atoms. The molecule has 1 saturated heterocycles. The monoisotopic (exact) mass is 310 g/mol. The van der Waals surface area contributed by atoms with E-state index in [1.54, 1.807) is 12.1 Å². The molecule has 0 aliphatic carbocycles. The first-order valence-corrected chi connectivity index (χ1v) is 7.35. The third kappa shape index (κ3) is 3.95. The number of esters is 1. The number of carbonyl (C=O) groups is 2. The van der Waals surface area contributed by atoms with E-state index in [9.17, 15) is 9.59 Å². The number of nitrogens with zero attached hydrogens (tertiary/aromatic N) is 1. The number of anilines is 1. The smallest absolute Gasteiger partial charge is 0.323 e. The first-order valence-electron chi connectivity index (χ1n) is 6.98. The van der Waals surface area contributed by atoms with Gasteiger partial charge in [0.15, 0.2) is 0 Å². The minimum Gasteiger partial charge on any atom is -0.463 e. The fourth-order valence-electron chi connectivity index (χ4n) is 2.35. The molecule has 1 fully saturated rings. The van der Waals surface area contributed by atoms with Crippen molar-refractivity contribution in [2.45, 2.75) is 26.3 Å². The van der Waals surface area contributed by atoms with E-state index in [-0.39, 0.29) is 18.3 Å². The van der Waals surface area contributed by atoms with Crippen molar-refractivity contribution >= 4 is 29.2 Å². The third-order valence-corrected chi connectivity index (χ3v) is 3.83. The molecule has 1 aromatic carbocycles. The Balaban J connectivity index is 2.01. The lowest BCUT2D eigenvalue weighted by molar-refractivity contribution is -0.158. The Morgan fingerprint density at radius 3 is 2.95 bits per heavy atom. The summed E-state index contributed by atoms with van der Waals surface area (Å²) in [6, 6.07) is 4.89. The van der Waals surface area contributed by atoms with Crippen LogP contribution in [0.25, 0.3) is 0 Å². The number of nitrogens with one attached hydrogen (secondary N) is 1. The lowest BCUT2D eigenvalue weighted by Crippen LogP contribution is -2.50. The van der Waals surface area contributed by atoms with E-state index in [1.165, 1.54) is 0 Å². The fraction of sp³-hybridized carbons (Fsp3) is 0.467. The summed E-state index contributed by atoms with van der Waals surface area (Å²) in [5, 5.41) is 3.23. The Morgan fingerprint density at radius 1 is 1.52 bits per heavy atom. The van der Waals surface area contributed by atoms with E-state index < -0.39 is 6.04 Å². The Hall–Kier alpha value is -1.59. The quantitative estimate of drug-likeness (QED) is 0.866. The first-order chi connectivity index (χ1) is 10.0. The summed E-state index contributed by atoms with van der Waals surface area (Å²) < 4.78 is 5.03. The second-order valence-electron chi connectivity index (χ2n) is 5.05. The van der Waals surface area contributed by atoms with Crippen LogP contribution in [0.15, 0.2) is 18.2 Å². The van der Waals surface area contributed by atoms with Crippen molar-refractivity contribution < 1.29 is 14.3 Å². The van der Waals surface area contributed by atoms with Crippen molar-refractivity contribution in [3.05, 3.63) is 28.8 Å². The molecule has 21 heavy (non-hydrogen) atoms. The van der Waals surface area contributed by atoms with Gasteiger partial charge < -0.3 is 10.1 Å². The molecule has 0 saturated carbocycles. The summed E-state index contributed by atoms with van der Waals surface area (Å²) in [6.07, 6.45) is 0.0663. The number of hydrogen-bond donors (Lipinski definition) is 1. The van der Waals surface area contributed by atoms with Crippen LogP contribution in [0.1, 0.15) is 18.9 Å². The van der Waals surface area contributed by atoms with E-state index in [0.29, 0.717) is 30.4 Å². The van der Waals surface area contributed by atoms with Crippen molar-refractivity contribution in [2.75, 3.05) is 25.0 Å². The first kappa shape index (κ1) is 15.8. The van der Waals surface area contributed by atoms with Gasteiger partial charge in [-0.15, -0.1) is 0 Å². The average molecular weight is 311 g/mol. The molecule has 0 radical (unpaired) electrons. The number of rotatable bonds is 4. The minimum atomic E-state index is -0.520. The largest absolute Gasteiger partial charge is 0.463 e. The van der Waals surface area contributed by atoms with Crippen LogP contribution in [0, 0.1) is 6.92 Å². The third-order valence-electron chi connectivity index (χ3n) is 3.52. The van der Waals surface area contributed by atoms with Gasteiger partial charge in [0.25, 0.3) is 0 Å². The second-order valence-corrected chi connectivity index (χ2v) is 5.45. The molecule has 1 heterocycles. The highest BCUT2D eigenvalue weighted by Crippen LogP contribution is 2.23. The van der Waals surface area contributed by atoms with Gasteiger partial charge in [-0.05, 0) is 31.2 Å². The summed E-state index contributed by atoms with van der Waals surface area (Å²) >= 11 is 6.08. The number of ether oxygens (including phenoxy) is 1. The van der Waals surface area contributed by atoms with Crippen LogP contribution in [0.3, 0.4) is 0 Å². The van der Waals surface area contributed by atoms with Gasteiger partial charge in [-0.25, -0.2) is 0 Å². The predicted molar refractivity (Wildman–Crippen MR) is 81.4 cm³/mol. The Bertz CT molecular complexity index is 548. The molecular weight excluding hydrogens is 292 g/mol. The standard InChI is InChI=1S/C15H19ClN2O3/c1-3-18-6-7-21-15(20)13(18)9-14(19)17-12-5-4-10(2)8-11(12)16/h4-5,8,13H,3,6-7,9H2,1-2H3,(H,17,19)/t13-/m1/s1. The van der Waals surface area contributed by atoms with Gasteiger partial charge in [-0.1, -0.05) is 24.6 Å². The molecule has 1 atom stereocenters. The van der Waals surface area contributed by atoms with Gasteiger partial charge >= 0.3 is 5.97 Å². The summed E-state index contributed by atoms with van der Waals surface area (Å²) in [7, 11) is 0. The number of likely N-dealkylation sites (N-methyl/N-ethyl adjacent to an activating group) is 1. The number of aryl methyl sites for hydroxylation is 1. The van der Waals surface area contributed by atoms with Crippen LogP contribution < -0.4 is 5.32 Å². The minimum absolute atomic E-state index is 0.0663. The molecule has 0 aromatic heterocycles. The maximum Gasteiger partial charge on any atom is 0.323 e. The van der Waals surface area contributed by atoms with Gasteiger partial charge in [0.1, 0.15) is 12.6 Å². The summed E-state index contributed by atoms with van der Waals surface area (Å²) in [6.45, 7) is 5.63. The van der Waals surface area contributed by atoms with Gasteiger partial charge in [0, 0.05) is 6.54 Å². The normalized spacial score (nSPS) is 19.2. The molecule has 114 valence electrons. The van der Waals surface area contributed by atoms with Crippen molar-refractivity contribution in [2.24, 2.45) is 0 Å². The van der Waals surface area contributed by atoms with Gasteiger partial charge in [0.2, 0.25) is 5.91 Å². The number of morpholine rings is 1. The van der Waals surface area contributed by atoms with E-state index in [0.717, 1.165) is 5.56 Å². The lowest BCUT2D eigenvalue weighted by atomic mass is 10.1. The van der Waals surface area contributed by atoms with E-state index >= 15 is 0 Å². The highest BCUT2D eigenvalue weighted by atomic mass is 35.5. The molecule has 1 aliphatic heterocycles. The zero-order valence-corrected chi connectivity index (χ0v) is 12.9. The number of halogens is 1. The Labute approximate surface area is 129 Å². The number of carbonyl (C=O) groups excluding carboxylic acids is 2. The van der Waals surface area contributed by atoms with Crippen LogP contribution in [0.2, 0.25) is 5.02 Å². The molecular formula is C15H19ClN2O3. The van der Waals surface area contributed by atoms with Crippen molar-refractivity contribution in [1.82, 2.24) is 4.90 Å². The van der Waals surface area contributed by atoms with Crippen LogP contribution >= 0.6 is 11.6 Å². The highest BCUT2D eigenvalue weighted by Gasteiger charge is 2.32. The Kier molecular flexibility index (Phi) is 5.20. The van der Waals surface area contributed by atoms with Crippen molar-refractivity contribution in [3.8, 4) is 0 Å². The SMILES string of the molecule is CCN1CCOC(=O)[C@H]1CC(=O)Nc1ccc(C)cc1Cl. The van der Waals surface area contributed by atoms with Crippen molar-refractivity contribution in [1.29, 1.82) is 0 Å². The summed E-state index contributed by atoms with van der Waals surface area (Å²) in [4.78, 5) is 25.9. The number of hydrogen-bond acceptors (Lipinski definition) is 4. The van der Waals surface area contributed by atoms with Crippen molar-refractivity contribution in [3.63, 3.8) is 0 Å². The van der Waals surface area contributed by atoms with E-state index in [1.807, 2.05) is 24.8 Å². The van der Waals surface area contributed by atoms with E-state index in [4.69, 9.17) is 16.3 Å². The van der Waals surface area contributed by atoms with E-state index in [2.05, 4.69) is 5.32 Å². The zero-order valence-electron chi connectivity index (χ0n) is 12.2. The van der Waals surface area contributed by atoms with Gasteiger partial charge in [-0.2, -0.15) is 0 Å². The molecule has 1 aliphatic rings. The average Bonchev–Trinajstić information content (AvgIpc) is 2.44. The number of cyclic esters (lactones) is 1. The molecule has 6 heteroatoms. The molecule has 0 spiro atoms. The van der Waals surface area contributed by atoms with Gasteiger partial charge in [0.05, 0.1) is 17.1 Å². The lowest BCUT2D eigenvalue weighted by Gasteiger charge is -2.32. The molecule has 5 nitrogen and oxygen atoms in total. The number of amides is 1. The second kappa shape index (κ2) is 6.91. The van der Waals surface area contributed by atoms with Crippen LogP contribution in [-0.4, -0.2) is 42.5 Å². The Morgan fingerprint density at radius 2 is 2.29 bits per heavy atom. The highest BCUT2D eigenvalue weighted by molar-refractivity contribution is 6.33. The maximum absolute atomic E-state index is 12.1. The molecule has 1 N–H and O–H groups in total. The van der Waals surface area contributed by atoms with Crippen LogP contribution in [0.5, 0.6) is 0 Å². The van der Waals surface area contributed by atoms with Gasteiger partial charge in [-0.3, -0.25) is 14.5 Å². The molecule has 1 aromatic rings.